The molecule has 0 amide bonds. The molecule has 0 saturated heterocycles. The minimum absolute atomic E-state index is 0.314. The molecule has 0 saturated carbocycles. The first-order valence-corrected chi connectivity index (χ1v) is 19.0. The lowest BCUT2D eigenvalue weighted by molar-refractivity contribution is 0.641. The molecule has 0 spiro atoms. The zero-order chi connectivity index (χ0) is 36.9. The van der Waals surface area contributed by atoms with E-state index >= 15 is 0 Å². The van der Waals surface area contributed by atoms with Crippen molar-refractivity contribution in [2.75, 3.05) is 0 Å². The van der Waals surface area contributed by atoms with E-state index in [0.717, 1.165) is 45.0 Å². The van der Waals surface area contributed by atoms with E-state index in [1.807, 2.05) is 6.07 Å². The molecule has 0 bridgehead atoms. The van der Waals surface area contributed by atoms with Crippen LogP contribution in [0.4, 0.5) is 0 Å². The Bertz CT molecular complexity index is 2820. The molecule has 0 atom stereocenters. The summed E-state index contributed by atoms with van der Waals surface area (Å²) in [5.74, 6) is 0.749. The van der Waals surface area contributed by atoms with Crippen molar-refractivity contribution in [2.24, 2.45) is 0 Å². The summed E-state index contributed by atoms with van der Waals surface area (Å²) in [7, 11) is 0. The van der Waals surface area contributed by atoms with E-state index in [9.17, 15) is 0 Å². The summed E-state index contributed by atoms with van der Waals surface area (Å²) in [6, 6.07) is 69.7. The highest BCUT2D eigenvalue weighted by atomic mass is 14.9. The summed E-state index contributed by atoms with van der Waals surface area (Å²) in [5.41, 5.74) is 16.9. The van der Waals surface area contributed by atoms with E-state index in [2.05, 4.69) is 202 Å². The summed E-state index contributed by atoms with van der Waals surface area (Å²) >= 11 is 0. The number of benzene rings is 8. The van der Waals surface area contributed by atoms with Crippen LogP contribution >= 0.6 is 0 Å². The van der Waals surface area contributed by atoms with E-state index in [1.54, 1.807) is 0 Å². The fourth-order valence-electron chi connectivity index (χ4n) is 8.48. The first-order chi connectivity index (χ1) is 27.0. The Morgan fingerprint density at radius 1 is 0.364 bits per heavy atom. The maximum absolute atomic E-state index is 5.40. The lowest BCUT2D eigenvalue weighted by Gasteiger charge is -2.22. The molecule has 2 heteroatoms. The van der Waals surface area contributed by atoms with Crippen LogP contribution in [0.15, 0.2) is 194 Å². The second-order valence-corrected chi connectivity index (χ2v) is 15.0. The molecule has 0 aliphatic heterocycles. The van der Waals surface area contributed by atoms with Gasteiger partial charge in [0.15, 0.2) is 5.82 Å². The van der Waals surface area contributed by atoms with Crippen LogP contribution in [0.5, 0.6) is 0 Å². The average molecular weight is 703 g/mol. The fraction of sp³-hybridized carbons (Fsp3) is 0.0566. The van der Waals surface area contributed by atoms with Crippen LogP contribution in [0.3, 0.4) is 0 Å². The first-order valence-electron chi connectivity index (χ1n) is 19.0. The molecule has 0 radical (unpaired) electrons. The SMILES string of the molecule is CC1(C)c2nc(-c3ccccc3)nc(-c3cccc(-c4cccc(-c5cc(-c6ccccc6)cc(-c6ccccc6)c5)c4)c3)c2-c2ccc3ccccc3c21. The highest BCUT2D eigenvalue weighted by Crippen LogP contribution is 2.53. The molecule has 0 N–H and O–H groups in total. The maximum Gasteiger partial charge on any atom is 0.160 e. The van der Waals surface area contributed by atoms with Gasteiger partial charge >= 0.3 is 0 Å². The molecule has 10 rings (SSSR count). The Hall–Kier alpha value is -6.90. The third-order valence-electron chi connectivity index (χ3n) is 11.2. The Balaban J connectivity index is 1.12. The van der Waals surface area contributed by atoms with Crippen LogP contribution in [-0.4, -0.2) is 9.97 Å². The molecule has 55 heavy (non-hydrogen) atoms. The number of nitrogens with zero attached hydrogens (tertiary/aromatic N) is 2. The van der Waals surface area contributed by atoms with E-state index in [1.165, 1.54) is 55.3 Å². The molecule has 0 unspecified atom stereocenters. The number of hydrogen-bond acceptors (Lipinski definition) is 2. The molecular weight excluding hydrogens is 665 g/mol. The third-order valence-corrected chi connectivity index (χ3v) is 11.2. The number of fused-ring (bicyclic) bond motifs is 5. The van der Waals surface area contributed by atoms with Crippen molar-refractivity contribution in [3.05, 3.63) is 205 Å². The predicted octanol–water partition coefficient (Wildman–Crippen LogP) is 13.9. The van der Waals surface area contributed by atoms with Crippen molar-refractivity contribution in [2.45, 2.75) is 19.3 Å². The van der Waals surface area contributed by atoms with Crippen molar-refractivity contribution in [3.8, 4) is 78.3 Å². The van der Waals surface area contributed by atoms with Crippen molar-refractivity contribution < 1.29 is 0 Å². The van der Waals surface area contributed by atoms with Crippen molar-refractivity contribution in [1.82, 2.24) is 9.97 Å². The Labute approximate surface area is 322 Å². The molecule has 1 heterocycles. The van der Waals surface area contributed by atoms with Gasteiger partial charge < -0.3 is 0 Å². The second-order valence-electron chi connectivity index (χ2n) is 15.0. The van der Waals surface area contributed by atoms with Gasteiger partial charge in [-0.05, 0) is 96.7 Å². The zero-order valence-corrected chi connectivity index (χ0v) is 30.9. The van der Waals surface area contributed by atoms with Gasteiger partial charge in [-0.15, -0.1) is 0 Å². The predicted molar refractivity (Wildman–Crippen MR) is 230 cm³/mol. The Kier molecular flexibility index (Phi) is 7.85. The summed E-state index contributed by atoms with van der Waals surface area (Å²) in [5, 5.41) is 2.51. The van der Waals surface area contributed by atoms with Gasteiger partial charge in [0.05, 0.1) is 11.4 Å². The van der Waals surface area contributed by atoms with Crippen LogP contribution in [-0.2, 0) is 5.41 Å². The molecule has 1 aliphatic rings. The van der Waals surface area contributed by atoms with Gasteiger partial charge in [0, 0.05) is 22.1 Å². The fourth-order valence-corrected chi connectivity index (χ4v) is 8.48. The quantitative estimate of drug-likeness (QED) is 0.172. The van der Waals surface area contributed by atoms with Gasteiger partial charge in [-0.2, -0.15) is 0 Å². The van der Waals surface area contributed by atoms with Crippen LogP contribution in [0.1, 0.15) is 25.1 Å². The smallest absolute Gasteiger partial charge is 0.160 e. The van der Waals surface area contributed by atoms with E-state index in [4.69, 9.17) is 9.97 Å². The Morgan fingerprint density at radius 2 is 0.818 bits per heavy atom. The van der Waals surface area contributed by atoms with E-state index in [-0.39, 0.29) is 5.41 Å². The van der Waals surface area contributed by atoms with Gasteiger partial charge in [-0.3, -0.25) is 0 Å². The van der Waals surface area contributed by atoms with Crippen LogP contribution in [0, 0.1) is 0 Å². The lowest BCUT2D eigenvalue weighted by Crippen LogP contribution is -2.18. The summed E-state index contributed by atoms with van der Waals surface area (Å²) in [4.78, 5) is 10.8. The third kappa shape index (κ3) is 5.75. The molecule has 8 aromatic carbocycles. The molecular formula is C53H38N2. The van der Waals surface area contributed by atoms with Crippen molar-refractivity contribution in [1.29, 1.82) is 0 Å². The highest BCUT2D eigenvalue weighted by Gasteiger charge is 2.41. The summed E-state index contributed by atoms with van der Waals surface area (Å²) < 4.78 is 0. The van der Waals surface area contributed by atoms with Crippen molar-refractivity contribution >= 4 is 10.8 Å². The van der Waals surface area contributed by atoms with Gasteiger partial charge in [-0.25, -0.2) is 9.97 Å². The van der Waals surface area contributed by atoms with Gasteiger partial charge in [0.2, 0.25) is 0 Å². The number of aromatic nitrogens is 2. The topological polar surface area (TPSA) is 25.8 Å². The van der Waals surface area contributed by atoms with E-state index < -0.39 is 0 Å². The molecule has 0 fully saturated rings. The Morgan fingerprint density at radius 3 is 1.44 bits per heavy atom. The van der Waals surface area contributed by atoms with Gasteiger partial charge in [0.25, 0.3) is 0 Å². The largest absolute Gasteiger partial charge is 0.231 e. The van der Waals surface area contributed by atoms with Crippen LogP contribution in [0.25, 0.3) is 89.1 Å². The summed E-state index contributed by atoms with van der Waals surface area (Å²) in [6.07, 6.45) is 0. The minimum Gasteiger partial charge on any atom is -0.231 e. The van der Waals surface area contributed by atoms with Crippen molar-refractivity contribution in [3.63, 3.8) is 0 Å². The average Bonchev–Trinajstić information content (AvgIpc) is 3.50. The molecule has 260 valence electrons. The molecule has 9 aromatic rings. The van der Waals surface area contributed by atoms with Crippen LogP contribution in [0.2, 0.25) is 0 Å². The molecule has 1 aliphatic carbocycles. The molecule has 2 nitrogen and oxygen atoms in total. The van der Waals surface area contributed by atoms with Gasteiger partial charge in [-0.1, -0.05) is 178 Å². The summed E-state index contributed by atoms with van der Waals surface area (Å²) in [6.45, 7) is 4.63. The molecule has 1 aromatic heterocycles. The zero-order valence-electron chi connectivity index (χ0n) is 30.9. The highest BCUT2D eigenvalue weighted by molar-refractivity contribution is 6.00. The number of rotatable bonds is 6. The number of hydrogen-bond donors (Lipinski definition) is 0. The normalized spacial score (nSPS) is 12.7. The minimum atomic E-state index is -0.314. The van der Waals surface area contributed by atoms with E-state index in [0.29, 0.717) is 0 Å². The second kappa shape index (κ2) is 13.2. The lowest BCUT2D eigenvalue weighted by atomic mass is 9.82. The maximum atomic E-state index is 5.40. The monoisotopic (exact) mass is 702 g/mol. The standard InChI is InChI=1S/C53H38N2/c1-53(2)49-46-27-13-12-20-37(46)28-29-47(49)48-50(54-52(55-51(48)53)38-21-10-5-11-22-38)42-26-15-24-40(31-42)39-23-14-25-41(30-39)45-33-43(35-16-6-3-7-17-35)32-44(34-45)36-18-8-4-9-19-36/h3-34H,1-2H3. The van der Waals surface area contributed by atoms with Gasteiger partial charge in [0.1, 0.15) is 0 Å². The van der Waals surface area contributed by atoms with Crippen LogP contribution < -0.4 is 0 Å². The first kappa shape index (κ1) is 32.7.